The van der Waals surface area contributed by atoms with Crippen molar-refractivity contribution in [3.8, 4) is 5.75 Å². The first-order chi connectivity index (χ1) is 9.54. The quantitative estimate of drug-likeness (QED) is 0.621. The highest BCUT2D eigenvalue weighted by Gasteiger charge is 2.10. The van der Waals surface area contributed by atoms with Gasteiger partial charge in [0.25, 0.3) is 0 Å². The van der Waals surface area contributed by atoms with Gasteiger partial charge in [0.05, 0.1) is 11.5 Å². The third-order valence-electron chi connectivity index (χ3n) is 2.92. The van der Waals surface area contributed by atoms with Crippen molar-refractivity contribution in [2.45, 2.75) is 31.7 Å². The highest BCUT2D eigenvalue weighted by atomic mass is 79.9. The first-order valence-corrected chi connectivity index (χ1v) is 7.92. The summed E-state index contributed by atoms with van der Waals surface area (Å²) in [6, 6.07) is 16.3. The summed E-state index contributed by atoms with van der Waals surface area (Å²) < 4.78 is 6.79. The zero-order chi connectivity index (χ0) is 14.5. The van der Waals surface area contributed by atoms with E-state index in [2.05, 4.69) is 28.1 Å². The summed E-state index contributed by atoms with van der Waals surface area (Å²) in [6.07, 6.45) is 0.977. The predicted octanol–water partition coefficient (Wildman–Crippen LogP) is 5.76. The minimum absolute atomic E-state index is 0.0492. The van der Waals surface area contributed by atoms with Gasteiger partial charge in [0.1, 0.15) is 5.75 Å². The SMILES string of the molecule is CC(C)Oc1cccc(C(Cl)Cc2ccc(Br)cc2)c1. The van der Waals surface area contributed by atoms with Crippen LogP contribution in [0.4, 0.5) is 0 Å². The predicted molar refractivity (Wildman–Crippen MR) is 88.6 cm³/mol. The second-order valence-corrected chi connectivity index (χ2v) is 6.48. The second-order valence-electron chi connectivity index (χ2n) is 5.04. The molecule has 20 heavy (non-hydrogen) atoms. The molecular formula is C17H18BrClO. The van der Waals surface area contributed by atoms with Gasteiger partial charge in [-0.1, -0.05) is 40.2 Å². The lowest BCUT2D eigenvalue weighted by atomic mass is 10.0. The van der Waals surface area contributed by atoms with Crippen LogP contribution in [0.2, 0.25) is 0 Å². The van der Waals surface area contributed by atoms with Crippen LogP contribution in [-0.2, 0) is 6.42 Å². The van der Waals surface area contributed by atoms with Crippen LogP contribution in [0.15, 0.2) is 53.0 Å². The van der Waals surface area contributed by atoms with Gasteiger partial charge in [-0.3, -0.25) is 0 Å². The molecule has 0 saturated heterocycles. The average molecular weight is 354 g/mol. The van der Waals surface area contributed by atoms with Crippen LogP contribution in [-0.4, -0.2) is 6.10 Å². The Bertz CT molecular complexity index is 551. The molecule has 0 amide bonds. The molecule has 2 aromatic rings. The zero-order valence-corrected chi connectivity index (χ0v) is 14.0. The molecule has 0 fully saturated rings. The zero-order valence-electron chi connectivity index (χ0n) is 11.6. The van der Waals surface area contributed by atoms with Crippen molar-refractivity contribution in [1.29, 1.82) is 0 Å². The van der Waals surface area contributed by atoms with Crippen molar-refractivity contribution in [1.82, 2.24) is 0 Å². The molecule has 1 nitrogen and oxygen atoms in total. The Kier molecular flexibility index (Phi) is 5.50. The Morgan fingerprint density at radius 2 is 1.80 bits per heavy atom. The van der Waals surface area contributed by atoms with Crippen LogP contribution in [0, 0.1) is 0 Å². The van der Waals surface area contributed by atoms with E-state index in [0.717, 1.165) is 22.2 Å². The van der Waals surface area contributed by atoms with Crippen molar-refractivity contribution in [3.05, 3.63) is 64.1 Å². The topological polar surface area (TPSA) is 9.23 Å². The highest BCUT2D eigenvalue weighted by molar-refractivity contribution is 9.10. The second kappa shape index (κ2) is 7.14. The van der Waals surface area contributed by atoms with Crippen molar-refractivity contribution in [2.24, 2.45) is 0 Å². The van der Waals surface area contributed by atoms with Crippen LogP contribution < -0.4 is 4.74 Å². The van der Waals surface area contributed by atoms with Gasteiger partial charge in [-0.15, -0.1) is 11.6 Å². The Hall–Kier alpha value is -0.990. The fraction of sp³-hybridized carbons (Fsp3) is 0.294. The number of benzene rings is 2. The van der Waals surface area contributed by atoms with Crippen molar-refractivity contribution < 1.29 is 4.74 Å². The number of rotatable bonds is 5. The van der Waals surface area contributed by atoms with Crippen LogP contribution in [0.1, 0.15) is 30.4 Å². The van der Waals surface area contributed by atoms with Crippen LogP contribution >= 0.6 is 27.5 Å². The molecule has 1 atom stereocenters. The van der Waals surface area contributed by atoms with Crippen molar-refractivity contribution in [2.75, 3.05) is 0 Å². The van der Waals surface area contributed by atoms with E-state index >= 15 is 0 Å². The first-order valence-electron chi connectivity index (χ1n) is 6.69. The molecule has 2 aromatic carbocycles. The summed E-state index contributed by atoms with van der Waals surface area (Å²) in [6.45, 7) is 4.04. The largest absolute Gasteiger partial charge is 0.491 e. The molecule has 0 aliphatic carbocycles. The summed E-state index contributed by atoms with van der Waals surface area (Å²) >= 11 is 9.96. The van der Waals surface area contributed by atoms with Gasteiger partial charge in [-0.25, -0.2) is 0 Å². The molecule has 0 heterocycles. The van der Waals surface area contributed by atoms with Gasteiger partial charge in [0.15, 0.2) is 0 Å². The van der Waals surface area contributed by atoms with Crippen molar-refractivity contribution in [3.63, 3.8) is 0 Å². The van der Waals surface area contributed by atoms with E-state index in [0.29, 0.717) is 0 Å². The van der Waals surface area contributed by atoms with E-state index in [4.69, 9.17) is 16.3 Å². The number of ether oxygens (including phenoxy) is 1. The van der Waals surface area contributed by atoms with Gasteiger partial charge in [0, 0.05) is 4.47 Å². The molecule has 0 radical (unpaired) electrons. The highest BCUT2D eigenvalue weighted by Crippen LogP contribution is 2.28. The Morgan fingerprint density at radius 1 is 1.10 bits per heavy atom. The lowest BCUT2D eigenvalue weighted by molar-refractivity contribution is 0.242. The Labute approximate surface area is 134 Å². The lowest BCUT2D eigenvalue weighted by Crippen LogP contribution is -2.06. The third kappa shape index (κ3) is 4.53. The van der Waals surface area contributed by atoms with Crippen LogP contribution in [0.3, 0.4) is 0 Å². The van der Waals surface area contributed by atoms with Crippen LogP contribution in [0.25, 0.3) is 0 Å². The molecule has 0 aliphatic rings. The molecule has 0 bridgehead atoms. The molecule has 0 saturated carbocycles. The number of hydrogen-bond acceptors (Lipinski definition) is 1. The fourth-order valence-corrected chi connectivity index (χ4v) is 2.58. The van der Waals surface area contributed by atoms with Gasteiger partial charge in [-0.2, -0.15) is 0 Å². The van der Waals surface area contributed by atoms with Gasteiger partial charge < -0.3 is 4.74 Å². The van der Waals surface area contributed by atoms with E-state index in [-0.39, 0.29) is 11.5 Å². The summed E-state index contributed by atoms with van der Waals surface area (Å²) in [5.41, 5.74) is 2.32. The van der Waals surface area contributed by atoms with Crippen LogP contribution in [0.5, 0.6) is 5.75 Å². The number of halogens is 2. The van der Waals surface area contributed by atoms with Gasteiger partial charge in [0.2, 0.25) is 0 Å². The van der Waals surface area contributed by atoms with E-state index in [1.54, 1.807) is 0 Å². The summed E-state index contributed by atoms with van der Waals surface area (Å²) in [5, 5.41) is -0.0492. The van der Waals surface area contributed by atoms with E-state index in [1.807, 2.05) is 50.2 Å². The molecule has 2 rings (SSSR count). The smallest absolute Gasteiger partial charge is 0.120 e. The molecule has 0 aliphatic heterocycles. The molecule has 0 spiro atoms. The summed E-state index contributed by atoms with van der Waals surface area (Å²) in [7, 11) is 0. The van der Waals surface area contributed by atoms with E-state index < -0.39 is 0 Å². The lowest BCUT2D eigenvalue weighted by Gasteiger charge is -2.14. The van der Waals surface area contributed by atoms with Gasteiger partial charge >= 0.3 is 0 Å². The standard InChI is InChI=1S/C17H18BrClO/c1-12(2)20-16-5-3-4-14(11-16)17(19)10-13-6-8-15(18)9-7-13/h3-9,11-12,17H,10H2,1-2H3. The maximum Gasteiger partial charge on any atom is 0.120 e. The maximum absolute atomic E-state index is 6.52. The van der Waals surface area contributed by atoms with Crippen molar-refractivity contribution >= 4 is 27.5 Å². The summed E-state index contributed by atoms with van der Waals surface area (Å²) in [4.78, 5) is 0. The molecule has 0 aromatic heterocycles. The van der Waals surface area contributed by atoms with Gasteiger partial charge in [-0.05, 0) is 55.7 Å². The molecule has 106 valence electrons. The first kappa shape index (κ1) is 15.4. The maximum atomic E-state index is 6.52. The Morgan fingerprint density at radius 3 is 2.45 bits per heavy atom. The third-order valence-corrected chi connectivity index (χ3v) is 3.85. The minimum atomic E-state index is -0.0492. The van der Waals surface area contributed by atoms with E-state index in [9.17, 15) is 0 Å². The normalized spacial score (nSPS) is 12.4. The molecule has 0 N–H and O–H groups in total. The molecule has 1 unspecified atom stereocenters. The molecule has 3 heteroatoms. The number of alkyl halides is 1. The monoisotopic (exact) mass is 352 g/mol. The summed E-state index contributed by atoms with van der Waals surface area (Å²) in [5.74, 6) is 0.874. The molecular weight excluding hydrogens is 336 g/mol. The minimum Gasteiger partial charge on any atom is -0.491 e. The average Bonchev–Trinajstić information content (AvgIpc) is 2.41. The Balaban J connectivity index is 2.08. The van der Waals surface area contributed by atoms with E-state index in [1.165, 1.54) is 5.56 Å². The fourth-order valence-electron chi connectivity index (χ4n) is 2.00. The number of hydrogen-bond donors (Lipinski definition) is 0.